The zero-order valence-electron chi connectivity index (χ0n) is 8.61. The van der Waals surface area contributed by atoms with Gasteiger partial charge in [0.2, 0.25) is 0 Å². The molecule has 0 amide bonds. The number of hydrogen-bond donors (Lipinski definition) is 0. The highest BCUT2D eigenvalue weighted by Crippen LogP contribution is 2.47. The summed E-state index contributed by atoms with van der Waals surface area (Å²) in [6.07, 6.45) is -1.98. The average molecular weight is 419 g/mol. The van der Waals surface area contributed by atoms with Crippen LogP contribution in [-0.4, -0.2) is 9.78 Å². The quantitative estimate of drug-likeness (QED) is 0.432. The molecule has 1 aliphatic rings. The lowest BCUT2D eigenvalue weighted by molar-refractivity contribution is -0.187. The van der Waals surface area contributed by atoms with Crippen LogP contribution in [0.5, 0.6) is 5.75 Å². The molecule has 0 aliphatic carbocycles. The monoisotopic (exact) mass is 418 g/mol. The molecule has 0 saturated carbocycles. The van der Waals surface area contributed by atoms with Gasteiger partial charge in [-0.3, -0.25) is 0 Å². The first-order chi connectivity index (χ1) is 7.73. The first-order valence-corrected chi connectivity index (χ1v) is 6.54. The molecule has 0 bridgehead atoms. The Labute approximate surface area is 118 Å². The van der Waals surface area contributed by atoms with E-state index in [1.165, 1.54) is 28.7 Å². The Morgan fingerprint density at radius 3 is 2.59 bits per heavy atom. The number of hydrogen-bond acceptors (Lipinski definition) is 1. The third kappa shape index (κ3) is 2.33. The van der Waals surface area contributed by atoms with Crippen molar-refractivity contribution < 1.29 is 17.9 Å². The molecule has 0 spiro atoms. The molecule has 92 valence electrons. The van der Waals surface area contributed by atoms with Crippen molar-refractivity contribution in [2.75, 3.05) is 0 Å². The second-order valence-electron chi connectivity index (χ2n) is 3.74. The fraction of sp³-hybridized carbons (Fsp3) is 0.273. The lowest BCUT2D eigenvalue weighted by Crippen LogP contribution is -2.43. The van der Waals surface area contributed by atoms with Gasteiger partial charge in [-0.15, -0.1) is 0 Å². The molecule has 1 atom stereocenters. The molecule has 1 aliphatic heterocycles. The fourth-order valence-corrected chi connectivity index (χ4v) is 2.59. The summed E-state index contributed by atoms with van der Waals surface area (Å²) >= 11 is 4.49. The molecule has 1 aromatic carbocycles. The summed E-state index contributed by atoms with van der Waals surface area (Å²) in [7, 11) is 0. The molecule has 1 nitrogen and oxygen atoms in total. The SMILES string of the molecule is Cc1cc(Br)c2c(c1)C=CC(I)(C(F)(F)F)O2. The Hall–Kier alpha value is -0.240. The summed E-state index contributed by atoms with van der Waals surface area (Å²) in [5, 5.41) is 0. The van der Waals surface area contributed by atoms with E-state index in [0.717, 1.165) is 11.6 Å². The van der Waals surface area contributed by atoms with Crippen LogP contribution in [0.3, 0.4) is 0 Å². The van der Waals surface area contributed by atoms with E-state index in [2.05, 4.69) is 15.9 Å². The Bertz CT molecular complexity index is 498. The first kappa shape index (κ1) is 13.2. The number of alkyl halides is 4. The van der Waals surface area contributed by atoms with Crippen molar-refractivity contribution in [3.63, 3.8) is 0 Å². The lowest BCUT2D eigenvalue weighted by Gasteiger charge is -2.32. The van der Waals surface area contributed by atoms with Gasteiger partial charge in [-0.25, -0.2) is 0 Å². The molecule has 0 aromatic heterocycles. The molecule has 1 aromatic rings. The molecule has 6 heteroatoms. The maximum absolute atomic E-state index is 12.8. The van der Waals surface area contributed by atoms with Gasteiger partial charge in [-0.05, 0) is 69.2 Å². The molecule has 17 heavy (non-hydrogen) atoms. The van der Waals surface area contributed by atoms with Crippen molar-refractivity contribution in [2.24, 2.45) is 0 Å². The van der Waals surface area contributed by atoms with Gasteiger partial charge >= 0.3 is 6.18 Å². The molecule has 1 unspecified atom stereocenters. The highest BCUT2D eigenvalue weighted by atomic mass is 127. The van der Waals surface area contributed by atoms with Crippen molar-refractivity contribution in [1.82, 2.24) is 0 Å². The standard InChI is InChI=1S/C11H7BrF3IO/c1-6-4-7-2-3-10(16,11(13,14)15)17-9(7)8(12)5-6/h2-5H,1H3. The third-order valence-electron chi connectivity index (χ3n) is 2.33. The van der Waals surface area contributed by atoms with Crippen LogP contribution in [0, 0.1) is 6.92 Å². The van der Waals surface area contributed by atoms with Gasteiger partial charge < -0.3 is 4.74 Å². The van der Waals surface area contributed by atoms with Crippen LogP contribution in [0.25, 0.3) is 6.08 Å². The van der Waals surface area contributed by atoms with Crippen LogP contribution in [0.2, 0.25) is 0 Å². The van der Waals surface area contributed by atoms with E-state index in [0.29, 0.717) is 10.0 Å². The third-order valence-corrected chi connectivity index (χ3v) is 4.11. The molecule has 0 N–H and O–H groups in total. The number of halogens is 5. The Kier molecular flexibility index (Phi) is 3.22. The van der Waals surface area contributed by atoms with Crippen LogP contribution in [-0.2, 0) is 0 Å². The summed E-state index contributed by atoms with van der Waals surface area (Å²) in [5.41, 5.74) is 1.60. The largest absolute Gasteiger partial charge is 0.461 e. The van der Waals surface area contributed by atoms with Crippen LogP contribution in [0.15, 0.2) is 22.7 Å². The summed E-state index contributed by atoms with van der Waals surface area (Å²) in [6.45, 7) is 1.87. The predicted molar refractivity (Wildman–Crippen MR) is 71.3 cm³/mol. The Morgan fingerprint density at radius 1 is 1.35 bits per heavy atom. The highest BCUT2D eigenvalue weighted by molar-refractivity contribution is 14.1. The number of benzene rings is 1. The van der Waals surface area contributed by atoms with Gasteiger partial charge in [0.05, 0.1) is 4.47 Å². The summed E-state index contributed by atoms with van der Waals surface area (Å²) in [6, 6.07) is 3.51. The van der Waals surface area contributed by atoms with Crippen LogP contribution in [0.1, 0.15) is 11.1 Å². The molecular weight excluding hydrogens is 412 g/mol. The zero-order chi connectivity index (χ0) is 12.8. The average Bonchev–Trinajstić information content (AvgIpc) is 2.17. The second kappa shape index (κ2) is 4.15. The van der Waals surface area contributed by atoms with Crippen LogP contribution in [0.4, 0.5) is 13.2 Å². The molecule has 0 radical (unpaired) electrons. The van der Waals surface area contributed by atoms with Crippen LogP contribution >= 0.6 is 38.5 Å². The van der Waals surface area contributed by atoms with Gasteiger partial charge in [0.1, 0.15) is 5.75 Å². The van der Waals surface area contributed by atoms with E-state index in [1.807, 2.05) is 6.92 Å². The fourth-order valence-electron chi connectivity index (χ4n) is 1.52. The molecule has 1 heterocycles. The molecule has 0 saturated heterocycles. The van der Waals surface area contributed by atoms with Gasteiger partial charge in [-0.2, -0.15) is 13.2 Å². The maximum Gasteiger partial charge on any atom is 0.441 e. The minimum atomic E-state index is -4.45. The molecular formula is C11H7BrF3IO. The normalized spacial score (nSPS) is 23.2. The topological polar surface area (TPSA) is 9.23 Å². The minimum Gasteiger partial charge on any atom is -0.461 e. The second-order valence-corrected chi connectivity index (χ2v) is 6.20. The van der Waals surface area contributed by atoms with E-state index in [1.54, 1.807) is 12.1 Å². The van der Waals surface area contributed by atoms with Gasteiger partial charge in [0, 0.05) is 5.56 Å². The van der Waals surface area contributed by atoms with E-state index in [-0.39, 0.29) is 5.75 Å². The van der Waals surface area contributed by atoms with Crippen molar-refractivity contribution in [1.29, 1.82) is 0 Å². The van der Waals surface area contributed by atoms with Gasteiger partial charge in [-0.1, -0.05) is 6.08 Å². The number of rotatable bonds is 0. The van der Waals surface area contributed by atoms with Crippen molar-refractivity contribution in [3.05, 3.63) is 33.8 Å². The first-order valence-electron chi connectivity index (χ1n) is 4.67. The Morgan fingerprint density at radius 2 is 2.00 bits per heavy atom. The smallest absolute Gasteiger partial charge is 0.441 e. The summed E-state index contributed by atoms with van der Waals surface area (Å²) in [4.78, 5) is 0. The molecule has 2 rings (SSSR count). The Balaban J connectivity index is 2.51. The summed E-state index contributed by atoms with van der Waals surface area (Å²) < 4.78 is 41.8. The predicted octanol–water partition coefficient (Wildman–Crippen LogP) is 4.86. The van der Waals surface area contributed by atoms with E-state index < -0.39 is 9.78 Å². The number of fused-ring (bicyclic) bond motifs is 1. The number of ether oxygens (including phenoxy) is 1. The summed E-state index contributed by atoms with van der Waals surface area (Å²) in [5.74, 6) is 0.227. The maximum atomic E-state index is 12.8. The lowest BCUT2D eigenvalue weighted by atomic mass is 10.1. The van der Waals surface area contributed by atoms with E-state index in [4.69, 9.17) is 4.74 Å². The van der Waals surface area contributed by atoms with Crippen molar-refractivity contribution in [3.8, 4) is 5.75 Å². The van der Waals surface area contributed by atoms with Gasteiger partial charge in [0.15, 0.2) is 0 Å². The zero-order valence-corrected chi connectivity index (χ0v) is 12.4. The minimum absolute atomic E-state index is 0.227. The number of aryl methyl sites for hydroxylation is 1. The van der Waals surface area contributed by atoms with Crippen molar-refractivity contribution >= 4 is 44.6 Å². The highest BCUT2D eigenvalue weighted by Gasteiger charge is 2.55. The van der Waals surface area contributed by atoms with E-state index >= 15 is 0 Å². The molecule has 0 fully saturated rings. The van der Waals surface area contributed by atoms with Crippen LogP contribution < -0.4 is 4.74 Å². The van der Waals surface area contributed by atoms with Crippen molar-refractivity contribution in [2.45, 2.75) is 16.7 Å². The van der Waals surface area contributed by atoms with E-state index in [9.17, 15) is 13.2 Å². The van der Waals surface area contributed by atoms with Gasteiger partial charge in [0.25, 0.3) is 3.61 Å².